The summed E-state index contributed by atoms with van der Waals surface area (Å²) in [6.07, 6.45) is 5.83. The number of rotatable bonds is 8. The van der Waals surface area contributed by atoms with Crippen molar-refractivity contribution >= 4 is 24.0 Å². The Labute approximate surface area is 165 Å². The summed E-state index contributed by atoms with van der Waals surface area (Å²) in [5.41, 5.74) is 7.92. The zero-order valence-corrected chi connectivity index (χ0v) is 16.5. The zero-order valence-electron chi connectivity index (χ0n) is 16.5. The second-order valence-corrected chi connectivity index (χ2v) is 7.02. The molecule has 28 heavy (non-hydrogen) atoms. The van der Waals surface area contributed by atoms with E-state index in [0.29, 0.717) is 37.5 Å². The zero-order chi connectivity index (χ0) is 20.5. The van der Waals surface area contributed by atoms with Gasteiger partial charge in [-0.15, -0.1) is 0 Å². The summed E-state index contributed by atoms with van der Waals surface area (Å²) in [4.78, 5) is 29.2. The van der Waals surface area contributed by atoms with Gasteiger partial charge in [0, 0.05) is 24.5 Å². The number of hydrogen-bond donors (Lipinski definition) is 2. The molecule has 1 aliphatic rings. The molecule has 1 aliphatic carbocycles. The van der Waals surface area contributed by atoms with E-state index in [0.717, 1.165) is 18.5 Å². The van der Waals surface area contributed by atoms with Crippen LogP contribution in [0.3, 0.4) is 0 Å². The number of aliphatic carboxylic acids is 1. The number of amides is 1. The molecule has 0 saturated heterocycles. The average Bonchev–Trinajstić information content (AvgIpc) is 2.73. The topological polar surface area (TPSA) is 105 Å². The standard InChI is InChI=1S/C21H29N3O4/c1-15(13-22)20(25)24(11-12-28-14-23-2)19-9-7-17(8-10-19)16-3-5-18(6-4-16)21(26)27/h7-10,13-14,16,18H,3-6,11-12,22H2,1-2H3,(H,26,27)/b15-13+,23-14?. The van der Waals surface area contributed by atoms with Gasteiger partial charge in [0.1, 0.15) is 6.61 Å². The van der Waals surface area contributed by atoms with Gasteiger partial charge in [-0.3, -0.25) is 14.6 Å². The molecule has 0 heterocycles. The summed E-state index contributed by atoms with van der Waals surface area (Å²) >= 11 is 0. The number of benzene rings is 1. The van der Waals surface area contributed by atoms with Crippen molar-refractivity contribution in [2.24, 2.45) is 16.6 Å². The quantitative estimate of drug-likeness (QED) is 0.309. The number of nitrogens with two attached hydrogens (primary N) is 1. The van der Waals surface area contributed by atoms with Crippen LogP contribution in [0.2, 0.25) is 0 Å². The van der Waals surface area contributed by atoms with Gasteiger partial charge < -0.3 is 20.5 Å². The minimum Gasteiger partial charge on any atom is -0.482 e. The van der Waals surface area contributed by atoms with E-state index in [2.05, 4.69) is 4.99 Å². The highest BCUT2D eigenvalue weighted by Crippen LogP contribution is 2.36. The maximum absolute atomic E-state index is 12.7. The Morgan fingerprint density at radius 2 is 1.89 bits per heavy atom. The molecule has 7 nitrogen and oxygen atoms in total. The molecule has 0 bridgehead atoms. The molecular formula is C21H29N3O4. The smallest absolute Gasteiger partial charge is 0.306 e. The van der Waals surface area contributed by atoms with Gasteiger partial charge in [-0.2, -0.15) is 0 Å². The molecule has 2 rings (SSSR count). The van der Waals surface area contributed by atoms with Crippen LogP contribution < -0.4 is 10.6 Å². The number of ether oxygens (including phenoxy) is 1. The van der Waals surface area contributed by atoms with Gasteiger partial charge in [-0.1, -0.05) is 12.1 Å². The predicted octanol–water partition coefficient (Wildman–Crippen LogP) is 2.92. The van der Waals surface area contributed by atoms with Crippen molar-refractivity contribution in [1.82, 2.24) is 0 Å². The number of carbonyl (C=O) groups is 2. The SMILES string of the molecule is CN=COCCN(C(=O)/C(C)=C/N)c1ccc(C2CCC(C(=O)O)CC2)cc1. The first kappa shape index (κ1) is 21.5. The Kier molecular flexibility index (Phi) is 8.04. The average molecular weight is 387 g/mol. The highest BCUT2D eigenvalue weighted by atomic mass is 16.5. The van der Waals surface area contributed by atoms with Gasteiger partial charge in [0.15, 0.2) is 6.40 Å². The maximum atomic E-state index is 12.7. The molecular weight excluding hydrogens is 358 g/mol. The monoisotopic (exact) mass is 387 g/mol. The normalized spacial score (nSPS) is 20.1. The minimum atomic E-state index is -0.693. The fourth-order valence-corrected chi connectivity index (χ4v) is 3.50. The Bertz CT molecular complexity index is 720. The molecule has 7 heteroatoms. The predicted molar refractivity (Wildman–Crippen MR) is 109 cm³/mol. The van der Waals surface area contributed by atoms with Crippen LogP contribution in [-0.2, 0) is 14.3 Å². The second kappa shape index (κ2) is 10.5. The number of nitrogens with zero attached hydrogens (tertiary/aromatic N) is 2. The van der Waals surface area contributed by atoms with Gasteiger partial charge >= 0.3 is 5.97 Å². The van der Waals surface area contributed by atoms with Crippen LogP contribution in [0.1, 0.15) is 44.1 Å². The van der Waals surface area contributed by atoms with Crippen molar-refractivity contribution in [2.75, 3.05) is 25.1 Å². The molecule has 0 spiro atoms. The van der Waals surface area contributed by atoms with Crippen LogP contribution in [0.5, 0.6) is 0 Å². The molecule has 0 aliphatic heterocycles. The lowest BCUT2D eigenvalue weighted by molar-refractivity contribution is -0.142. The highest BCUT2D eigenvalue weighted by Gasteiger charge is 2.27. The van der Waals surface area contributed by atoms with Crippen LogP contribution in [-0.4, -0.2) is 43.6 Å². The van der Waals surface area contributed by atoms with E-state index in [4.69, 9.17) is 15.6 Å². The van der Waals surface area contributed by atoms with E-state index in [9.17, 15) is 9.59 Å². The molecule has 152 valence electrons. The fourth-order valence-electron chi connectivity index (χ4n) is 3.50. The van der Waals surface area contributed by atoms with Gasteiger partial charge in [-0.05, 0) is 56.2 Å². The highest BCUT2D eigenvalue weighted by molar-refractivity contribution is 6.05. The molecule has 1 fully saturated rings. The van der Waals surface area contributed by atoms with Crippen molar-refractivity contribution in [3.8, 4) is 0 Å². The summed E-state index contributed by atoms with van der Waals surface area (Å²) in [5, 5.41) is 9.14. The third kappa shape index (κ3) is 5.58. The van der Waals surface area contributed by atoms with E-state index in [1.54, 1.807) is 18.9 Å². The first-order valence-electron chi connectivity index (χ1n) is 9.53. The summed E-state index contributed by atoms with van der Waals surface area (Å²) in [7, 11) is 1.62. The molecule has 0 radical (unpaired) electrons. The van der Waals surface area contributed by atoms with Gasteiger partial charge in [0.05, 0.1) is 12.5 Å². The summed E-state index contributed by atoms with van der Waals surface area (Å²) in [6.45, 7) is 2.37. The van der Waals surface area contributed by atoms with E-state index in [-0.39, 0.29) is 11.8 Å². The van der Waals surface area contributed by atoms with Crippen LogP contribution in [0.4, 0.5) is 5.69 Å². The van der Waals surface area contributed by atoms with Crippen molar-refractivity contribution in [2.45, 2.75) is 38.5 Å². The van der Waals surface area contributed by atoms with Gasteiger partial charge in [0.2, 0.25) is 0 Å². The number of carbonyl (C=O) groups excluding carboxylic acids is 1. The molecule has 1 aromatic carbocycles. The van der Waals surface area contributed by atoms with Crippen LogP contribution >= 0.6 is 0 Å². The lowest BCUT2D eigenvalue weighted by Crippen LogP contribution is -2.34. The first-order chi connectivity index (χ1) is 13.5. The van der Waals surface area contributed by atoms with Crippen molar-refractivity contribution in [3.05, 3.63) is 41.6 Å². The molecule has 3 N–H and O–H groups in total. The largest absolute Gasteiger partial charge is 0.482 e. The number of anilines is 1. The van der Waals surface area contributed by atoms with Crippen LogP contribution in [0.25, 0.3) is 0 Å². The summed E-state index contributed by atoms with van der Waals surface area (Å²) < 4.78 is 5.26. The van der Waals surface area contributed by atoms with Crippen LogP contribution in [0, 0.1) is 5.92 Å². The molecule has 1 aromatic rings. The Morgan fingerprint density at radius 1 is 1.25 bits per heavy atom. The summed E-state index contributed by atoms with van der Waals surface area (Å²) in [5.74, 6) is -0.722. The molecule has 1 amide bonds. The Hall–Kier alpha value is -2.83. The number of carboxylic acid groups (broad SMARTS) is 1. The minimum absolute atomic E-state index is 0.172. The lowest BCUT2D eigenvalue weighted by Gasteiger charge is -2.27. The van der Waals surface area contributed by atoms with Crippen molar-refractivity contribution < 1.29 is 19.4 Å². The Balaban J connectivity index is 2.09. The Morgan fingerprint density at radius 3 is 2.43 bits per heavy atom. The molecule has 0 atom stereocenters. The molecule has 0 unspecified atom stereocenters. The van der Waals surface area contributed by atoms with Gasteiger partial charge in [0.25, 0.3) is 5.91 Å². The van der Waals surface area contributed by atoms with E-state index in [1.165, 1.54) is 18.2 Å². The summed E-state index contributed by atoms with van der Waals surface area (Å²) in [6, 6.07) is 7.90. The van der Waals surface area contributed by atoms with Gasteiger partial charge in [-0.25, -0.2) is 0 Å². The van der Waals surface area contributed by atoms with E-state index in [1.807, 2.05) is 24.3 Å². The van der Waals surface area contributed by atoms with E-state index < -0.39 is 5.97 Å². The first-order valence-corrected chi connectivity index (χ1v) is 9.53. The number of hydrogen-bond acceptors (Lipinski definition) is 5. The molecule has 0 aromatic heterocycles. The van der Waals surface area contributed by atoms with Crippen molar-refractivity contribution in [3.63, 3.8) is 0 Å². The molecule has 1 saturated carbocycles. The van der Waals surface area contributed by atoms with E-state index >= 15 is 0 Å². The second-order valence-electron chi connectivity index (χ2n) is 7.02. The number of carboxylic acids is 1. The third-order valence-corrected chi connectivity index (χ3v) is 5.20. The number of aliphatic imine (C=N–C) groups is 1. The van der Waals surface area contributed by atoms with Crippen molar-refractivity contribution in [1.29, 1.82) is 0 Å². The van der Waals surface area contributed by atoms with Crippen LogP contribution in [0.15, 0.2) is 41.0 Å². The fraction of sp³-hybridized carbons (Fsp3) is 0.476. The third-order valence-electron chi connectivity index (χ3n) is 5.20. The lowest BCUT2D eigenvalue weighted by atomic mass is 9.79. The maximum Gasteiger partial charge on any atom is 0.306 e.